The van der Waals surface area contributed by atoms with Crippen LogP contribution in [0.25, 0.3) is 0 Å². The summed E-state index contributed by atoms with van der Waals surface area (Å²) in [5.41, 5.74) is 0. The zero-order valence-corrected chi connectivity index (χ0v) is 9.89. The van der Waals surface area contributed by atoms with Gasteiger partial charge in [0.1, 0.15) is 6.10 Å². The van der Waals surface area contributed by atoms with Gasteiger partial charge in [0.25, 0.3) is 0 Å². The lowest BCUT2D eigenvalue weighted by Crippen LogP contribution is -2.31. The number of hydrogen-bond donors (Lipinski definition) is 2. The van der Waals surface area contributed by atoms with Crippen LogP contribution in [0.15, 0.2) is 12.1 Å². The quantitative estimate of drug-likeness (QED) is 0.723. The molecule has 3 atom stereocenters. The average Bonchev–Trinajstić information content (AvgIpc) is 3.03. The highest BCUT2D eigenvalue weighted by Crippen LogP contribution is 2.29. The van der Waals surface area contributed by atoms with Crippen molar-refractivity contribution in [2.24, 2.45) is 5.92 Å². The molecule has 0 aromatic carbocycles. The Labute approximate surface area is 108 Å². The molecule has 2 saturated heterocycles. The zero-order valence-electron chi connectivity index (χ0n) is 9.89. The molecule has 2 aliphatic rings. The topological polar surface area (TPSA) is 99.4 Å². The number of ether oxygens (including phenoxy) is 3. The minimum Gasteiger partial charge on any atom is -0.492 e. The molecule has 0 bridgehead atoms. The third-order valence-electron chi connectivity index (χ3n) is 3.23. The van der Waals surface area contributed by atoms with E-state index in [0.29, 0.717) is 17.9 Å². The number of aromatic hydroxyl groups is 2. The lowest BCUT2D eigenvalue weighted by atomic mass is 10.0. The molecular formula is C11H13NO7. The van der Waals surface area contributed by atoms with Gasteiger partial charge >= 0.3 is 6.16 Å². The fourth-order valence-electron chi connectivity index (χ4n) is 2.25. The van der Waals surface area contributed by atoms with Crippen LogP contribution in [-0.2, 0) is 14.2 Å². The van der Waals surface area contributed by atoms with E-state index in [9.17, 15) is 15.0 Å². The second-order valence-corrected chi connectivity index (χ2v) is 4.41. The van der Waals surface area contributed by atoms with Crippen molar-refractivity contribution in [3.63, 3.8) is 0 Å². The fraction of sp³-hybridized carbons (Fsp3) is 0.545. The Balaban J connectivity index is 1.60. The van der Waals surface area contributed by atoms with Crippen LogP contribution in [0.5, 0.6) is 11.8 Å². The van der Waals surface area contributed by atoms with Crippen LogP contribution in [0.1, 0.15) is 0 Å². The van der Waals surface area contributed by atoms with Crippen LogP contribution in [0.2, 0.25) is 0 Å². The van der Waals surface area contributed by atoms with E-state index < -0.39 is 24.0 Å². The molecule has 1 aromatic heterocycles. The lowest BCUT2D eigenvalue weighted by molar-refractivity contribution is -0.0122. The monoisotopic (exact) mass is 271 g/mol. The summed E-state index contributed by atoms with van der Waals surface area (Å²) in [7, 11) is 0. The summed E-state index contributed by atoms with van der Waals surface area (Å²) in [5.74, 6) is -0.808. The van der Waals surface area contributed by atoms with Crippen LogP contribution in [0, 0.1) is 5.92 Å². The number of nitrogens with zero attached hydrogens (tertiary/aromatic N) is 1. The molecule has 3 rings (SSSR count). The first-order valence-corrected chi connectivity index (χ1v) is 5.83. The van der Waals surface area contributed by atoms with E-state index in [4.69, 9.17) is 14.2 Å². The van der Waals surface area contributed by atoms with Gasteiger partial charge in [-0.3, -0.25) is 4.84 Å². The molecular weight excluding hydrogens is 258 g/mol. The Morgan fingerprint density at radius 2 is 2.00 bits per heavy atom. The SMILES string of the molecule is O=C(O[C@H]1CO[C@H]2COC[C@H]21)On1c(O)ccc1O. The summed E-state index contributed by atoms with van der Waals surface area (Å²) in [4.78, 5) is 16.3. The molecule has 0 aliphatic carbocycles. The highest BCUT2D eigenvalue weighted by Gasteiger charge is 2.44. The van der Waals surface area contributed by atoms with Gasteiger partial charge < -0.3 is 24.4 Å². The van der Waals surface area contributed by atoms with Gasteiger partial charge in [-0.15, -0.1) is 4.73 Å². The normalized spacial score (nSPS) is 29.2. The van der Waals surface area contributed by atoms with Crippen molar-refractivity contribution >= 4 is 6.16 Å². The smallest absolute Gasteiger partial charge is 0.492 e. The standard InChI is InChI=1S/C11H13NO7/c13-9-1-2-10(14)12(9)19-11(15)18-8-5-17-7-4-16-3-6(7)8/h1-2,6-8,13-14H,3-5H2/t6-,7+,8+/m1/s1. The first kappa shape index (κ1) is 12.1. The summed E-state index contributed by atoms with van der Waals surface area (Å²) in [6, 6.07) is 2.37. The van der Waals surface area contributed by atoms with Crippen LogP contribution >= 0.6 is 0 Å². The predicted molar refractivity (Wildman–Crippen MR) is 58.7 cm³/mol. The summed E-state index contributed by atoms with van der Waals surface area (Å²) >= 11 is 0. The minimum absolute atomic E-state index is 0.000550. The van der Waals surface area contributed by atoms with Crippen molar-refractivity contribution in [2.75, 3.05) is 19.8 Å². The molecule has 8 nitrogen and oxygen atoms in total. The van der Waals surface area contributed by atoms with Gasteiger partial charge in [-0.1, -0.05) is 0 Å². The van der Waals surface area contributed by atoms with Gasteiger partial charge in [0.05, 0.1) is 31.8 Å². The fourth-order valence-corrected chi connectivity index (χ4v) is 2.25. The largest absolute Gasteiger partial charge is 0.534 e. The zero-order chi connectivity index (χ0) is 13.4. The van der Waals surface area contributed by atoms with Crippen molar-refractivity contribution in [1.29, 1.82) is 0 Å². The molecule has 104 valence electrons. The summed E-state index contributed by atoms with van der Waals surface area (Å²) in [6.07, 6.45) is -1.52. The minimum atomic E-state index is -1.03. The molecule has 8 heteroatoms. The van der Waals surface area contributed by atoms with Crippen molar-refractivity contribution in [2.45, 2.75) is 12.2 Å². The maximum Gasteiger partial charge on any atom is 0.534 e. The van der Waals surface area contributed by atoms with Crippen LogP contribution in [0.3, 0.4) is 0 Å². The molecule has 3 heterocycles. The van der Waals surface area contributed by atoms with E-state index in [1.165, 1.54) is 12.1 Å². The number of aromatic nitrogens is 1. The predicted octanol–water partition coefficient (Wildman–Crippen LogP) is -0.122. The van der Waals surface area contributed by atoms with Crippen LogP contribution < -0.4 is 4.84 Å². The van der Waals surface area contributed by atoms with Gasteiger partial charge in [-0.2, -0.15) is 0 Å². The highest BCUT2D eigenvalue weighted by molar-refractivity contribution is 5.61. The number of fused-ring (bicyclic) bond motifs is 1. The van der Waals surface area contributed by atoms with Crippen molar-refractivity contribution in [3.05, 3.63) is 12.1 Å². The van der Waals surface area contributed by atoms with Gasteiger partial charge in [0.15, 0.2) is 0 Å². The maximum atomic E-state index is 11.6. The number of hydrogen-bond acceptors (Lipinski definition) is 7. The molecule has 19 heavy (non-hydrogen) atoms. The molecule has 1 aromatic rings. The van der Waals surface area contributed by atoms with E-state index >= 15 is 0 Å². The number of carbonyl (C=O) groups is 1. The second-order valence-electron chi connectivity index (χ2n) is 4.41. The Hall–Kier alpha value is -1.93. The van der Waals surface area contributed by atoms with Gasteiger partial charge in [-0.25, -0.2) is 4.79 Å². The van der Waals surface area contributed by atoms with E-state index in [1.807, 2.05) is 0 Å². The van der Waals surface area contributed by atoms with E-state index in [-0.39, 0.29) is 18.6 Å². The third kappa shape index (κ3) is 2.20. The van der Waals surface area contributed by atoms with Crippen molar-refractivity contribution in [3.8, 4) is 11.8 Å². The molecule has 0 saturated carbocycles. The first-order chi connectivity index (χ1) is 9.15. The van der Waals surface area contributed by atoms with Crippen molar-refractivity contribution in [1.82, 2.24) is 4.73 Å². The molecule has 0 amide bonds. The van der Waals surface area contributed by atoms with E-state index in [1.54, 1.807) is 0 Å². The molecule has 0 spiro atoms. The van der Waals surface area contributed by atoms with Crippen molar-refractivity contribution < 1.29 is 34.1 Å². The maximum absolute atomic E-state index is 11.6. The Morgan fingerprint density at radius 3 is 2.74 bits per heavy atom. The van der Waals surface area contributed by atoms with Gasteiger partial charge in [0, 0.05) is 12.1 Å². The van der Waals surface area contributed by atoms with E-state index in [0.717, 1.165) is 0 Å². The highest BCUT2D eigenvalue weighted by atomic mass is 16.8. The Bertz CT molecular complexity index is 466. The molecule has 0 radical (unpaired) electrons. The summed E-state index contributed by atoms with van der Waals surface area (Å²) in [6.45, 7) is 1.26. The molecule has 2 N–H and O–H groups in total. The third-order valence-corrected chi connectivity index (χ3v) is 3.23. The Morgan fingerprint density at radius 1 is 1.26 bits per heavy atom. The summed E-state index contributed by atoms with van der Waals surface area (Å²) < 4.78 is 16.3. The molecule has 2 aliphatic heterocycles. The molecule has 0 unspecified atom stereocenters. The molecule has 2 fully saturated rings. The average molecular weight is 271 g/mol. The lowest BCUT2D eigenvalue weighted by Gasteiger charge is -2.15. The number of carbonyl (C=O) groups excluding carboxylic acids is 1. The summed E-state index contributed by atoms with van der Waals surface area (Å²) in [5, 5.41) is 18.6. The first-order valence-electron chi connectivity index (χ1n) is 5.83. The van der Waals surface area contributed by atoms with Gasteiger partial charge in [-0.05, 0) is 0 Å². The van der Waals surface area contributed by atoms with Crippen LogP contribution in [-0.4, -0.2) is 53.1 Å². The second kappa shape index (κ2) is 4.63. The number of rotatable bonds is 2. The van der Waals surface area contributed by atoms with Crippen LogP contribution in [0.4, 0.5) is 4.79 Å². The van der Waals surface area contributed by atoms with E-state index in [2.05, 4.69) is 4.84 Å². The van der Waals surface area contributed by atoms with Gasteiger partial charge in [0.2, 0.25) is 11.8 Å². The Kier molecular flexibility index (Phi) is 2.96.